The molecule has 0 unspecified atom stereocenters. The van der Waals surface area contributed by atoms with E-state index in [1.165, 1.54) is 18.2 Å². The van der Waals surface area contributed by atoms with Crippen LogP contribution < -0.4 is 15.6 Å². The van der Waals surface area contributed by atoms with Crippen molar-refractivity contribution >= 4 is 53.1 Å². The number of carbonyl (C=O) groups excluding carboxylic acids is 1. The Morgan fingerprint density at radius 3 is 2.70 bits per heavy atom. The fourth-order valence-corrected chi connectivity index (χ4v) is 4.59. The third-order valence-corrected chi connectivity index (χ3v) is 6.51. The summed E-state index contributed by atoms with van der Waals surface area (Å²) in [5.41, 5.74) is 9.35. The quantitative estimate of drug-likeness (QED) is 0.147. The minimum atomic E-state index is -4.77. The van der Waals surface area contributed by atoms with Crippen molar-refractivity contribution in [2.24, 2.45) is 0 Å². The van der Waals surface area contributed by atoms with Crippen molar-refractivity contribution < 1.29 is 28.8 Å². The smallest absolute Gasteiger partial charge is 0.508 e. The molecule has 13 heteroatoms. The monoisotopic (exact) mass is 547 g/mol. The van der Waals surface area contributed by atoms with Gasteiger partial charge >= 0.3 is 7.82 Å². The highest BCUT2D eigenvalue weighted by molar-refractivity contribution is 7.46. The number of nitrogens with two attached hydrogens (primary N) is 1. The van der Waals surface area contributed by atoms with Crippen molar-refractivity contribution in [1.29, 1.82) is 0 Å². The summed E-state index contributed by atoms with van der Waals surface area (Å²) in [7, 11) is -4.77. The summed E-state index contributed by atoms with van der Waals surface area (Å²) in [4.78, 5) is 39.2. The number of phosphoric ester groups is 1. The van der Waals surface area contributed by atoms with E-state index >= 15 is 0 Å². The number of nitrogens with zero attached hydrogens (tertiary/aromatic N) is 3. The predicted molar refractivity (Wildman–Crippen MR) is 141 cm³/mol. The number of unbranched alkanes of at least 4 members (excludes halogenated alkanes) is 1. The molecule has 0 saturated carbocycles. The zero-order valence-electron chi connectivity index (χ0n) is 20.0. The third-order valence-electron chi connectivity index (χ3n) is 5.82. The molecule has 0 fully saturated rings. The summed E-state index contributed by atoms with van der Waals surface area (Å²) in [6.07, 6.45) is 2.45. The highest BCUT2D eigenvalue weighted by Crippen LogP contribution is 2.39. The lowest BCUT2D eigenvalue weighted by atomic mass is 10.1. The van der Waals surface area contributed by atoms with Crippen molar-refractivity contribution in [3.8, 4) is 11.5 Å². The lowest BCUT2D eigenvalue weighted by Crippen LogP contribution is -2.23. The maximum atomic E-state index is 11.6. The van der Waals surface area contributed by atoms with E-state index in [1.807, 2.05) is 22.8 Å². The molecule has 0 aliphatic carbocycles. The first kappa shape index (κ1) is 26.7. The summed E-state index contributed by atoms with van der Waals surface area (Å²) in [6, 6.07) is 9.55. The van der Waals surface area contributed by atoms with E-state index < -0.39 is 7.82 Å². The average molecular weight is 548 g/mol. The zero-order chi connectivity index (χ0) is 26.7. The number of phosphoric acid groups is 1. The van der Waals surface area contributed by atoms with Crippen molar-refractivity contribution in [2.45, 2.75) is 39.3 Å². The molecule has 0 saturated heterocycles. The number of fused-ring (bicyclic) bond motifs is 3. The normalized spacial score (nSPS) is 11.8. The van der Waals surface area contributed by atoms with Gasteiger partial charge in [-0.15, -0.1) is 11.6 Å². The highest BCUT2D eigenvalue weighted by atomic mass is 35.5. The van der Waals surface area contributed by atoms with E-state index in [0.29, 0.717) is 28.5 Å². The number of hydrogen-bond acceptors (Lipinski definition) is 7. The second-order valence-electron chi connectivity index (χ2n) is 8.55. The van der Waals surface area contributed by atoms with Crippen LogP contribution in [0.15, 0.2) is 36.4 Å². The van der Waals surface area contributed by atoms with Crippen LogP contribution in [0.4, 0.5) is 5.82 Å². The summed E-state index contributed by atoms with van der Waals surface area (Å²) >= 11 is 5.56. The summed E-state index contributed by atoms with van der Waals surface area (Å²) in [6.45, 7) is 2.49. The third kappa shape index (κ3) is 6.14. The van der Waals surface area contributed by atoms with Gasteiger partial charge in [-0.1, -0.05) is 25.5 Å². The number of aromatic nitrogens is 3. The van der Waals surface area contributed by atoms with Gasteiger partial charge in [-0.05, 0) is 36.2 Å². The van der Waals surface area contributed by atoms with Crippen LogP contribution in [0.25, 0.3) is 21.9 Å². The van der Waals surface area contributed by atoms with Crippen molar-refractivity contribution in [1.82, 2.24) is 19.9 Å². The van der Waals surface area contributed by atoms with Gasteiger partial charge < -0.3 is 25.2 Å². The number of imidazole rings is 1. The standard InChI is InChI=1S/C24H27ClN5O6P/c1-2-3-4-20-29-22-23(30(20)13-15-10-16(6-8-19(15)31)36-37(33,34)35)17-7-5-14(12-27-21(32)11-25)9-18(17)28-24(22)26/h5-10,31H,2-4,11-13H2,1H3,(H2,26,28)(H,27,32)(H2,33,34,35). The molecule has 4 rings (SSSR count). The van der Waals surface area contributed by atoms with Gasteiger partial charge in [0, 0.05) is 23.9 Å². The number of benzene rings is 2. The van der Waals surface area contributed by atoms with E-state index in [4.69, 9.17) is 26.8 Å². The molecule has 0 aliphatic rings. The lowest BCUT2D eigenvalue weighted by Gasteiger charge is -2.14. The van der Waals surface area contributed by atoms with Crippen LogP contribution in [-0.2, 0) is 28.9 Å². The fourth-order valence-electron chi connectivity index (χ4n) is 4.11. The molecular weight excluding hydrogens is 521 g/mol. The summed E-state index contributed by atoms with van der Waals surface area (Å²) < 4.78 is 18.0. The highest BCUT2D eigenvalue weighted by Gasteiger charge is 2.21. The van der Waals surface area contributed by atoms with Gasteiger partial charge in [0.1, 0.15) is 28.7 Å². The first-order valence-corrected chi connectivity index (χ1v) is 13.6. The van der Waals surface area contributed by atoms with Crippen LogP contribution in [0.5, 0.6) is 11.5 Å². The number of pyridine rings is 1. The molecule has 2 heterocycles. The lowest BCUT2D eigenvalue weighted by molar-refractivity contribution is -0.118. The number of phenolic OH excluding ortho intramolecular Hbond substituents is 1. The van der Waals surface area contributed by atoms with E-state index in [1.54, 1.807) is 0 Å². The number of aromatic hydroxyl groups is 1. The molecular formula is C24H27ClN5O6P. The van der Waals surface area contributed by atoms with E-state index in [-0.39, 0.29) is 42.2 Å². The molecule has 0 radical (unpaired) electrons. The molecule has 37 heavy (non-hydrogen) atoms. The van der Waals surface area contributed by atoms with Crippen LogP contribution in [-0.4, -0.2) is 41.2 Å². The van der Waals surface area contributed by atoms with Crippen LogP contribution in [0.3, 0.4) is 0 Å². The Morgan fingerprint density at radius 2 is 2.00 bits per heavy atom. The molecule has 0 bridgehead atoms. The van der Waals surface area contributed by atoms with Gasteiger partial charge in [0.2, 0.25) is 5.91 Å². The Hall–Kier alpha value is -3.37. The maximum absolute atomic E-state index is 11.6. The number of phenols is 1. The number of anilines is 1. The SMILES string of the molecule is CCCCc1nc2c(N)nc3cc(CNC(=O)CCl)ccc3c2n1Cc1cc(OP(=O)(O)O)ccc1O. The van der Waals surface area contributed by atoms with Gasteiger partial charge in [-0.25, -0.2) is 14.5 Å². The number of halogens is 1. The van der Waals surface area contributed by atoms with Crippen molar-refractivity contribution in [3.63, 3.8) is 0 Å². The first-order valence-electron chi connectivity index (χ1n) is 11.6. The molecule has 2 aromatic heterocycles. The number of alkyl halides is 1. The summed E-state index contributed by atoms with van der Waals surface area (Å²) in [5.74, 6) is 0.418. The Bertz CT molecular complexity index is 1520. The topological polar surface area (TPSA) is 173 Å². The zero-order valence-corrected chi connectivity index (χ0v) is 21.7. The van der Waals surface area contributed by atoms with Gasteiger partial charge in [0.05, 0.1) is 17.6 Å². The van der Waals surface area contributed by atoms with Gasteiger partial charge in [0.25, 0.3) is 0 Å². The number of rotatable bonds is 10. The molecule has 0 spiro atoms. The van der Waals surface area contributed by atoms with Crippen LogP contribution in [0, 0.1) is 0 Å². The number of carbonyl (C=O) groups is 1. The molecule has 196 valence electrons. The predicted octanol–water partition coefficient (Wildman–Crippen LogP) is 3.59. The molecule has 11 nitrogen and oxygen atoms in total. The Kier molecular flexibility index (Phi) is 7.89. The number of hydrogen-bond donors (Lipinski definition) is 5. The van der Waals surface area contributed by atoms with Crippen molar-refractivity contribution in [3.05, 3.63) is 53.3 Å². The number of nitrogens with one attached hydrogen (secondary N) is 1. The van der Waals surface area contributed by atoms with E-state index in [9.17, 15) is 24.3 Å². The molecule has 1 amide bonds. The average Bonchev–Trinajstić information content (AvgIpc) is 3.21. The minimum Gasteiger partial charge on any atom is -0.508 e. The number of amides is 1. The second kappa shape index (κ2) is 10.9. The van der Waals surface area contributed by atoms with E-state index in [0.717, 1.165) is 29.6 Å². The van der Waals surface area contributed by atoms with Crippen LogP contribution in [0.2, 0.25) is 0 Å². The summed E-state index contributed by atoms with van der Waals surface area (Å²) in [5, 5.41) is 14.0. The number of aryl methyl sites for hydroxylation is 1. The second-order valence-corrected chi connectivity index (χ2v) is 9.98. The Labute approximate surface area is 217 Å². The largest absolute Gasteiger partial charge is 0.524 e. The maximum Gasteiger partial charge on any atom is 0.524 e. The van der Waals surface area contributed by atoms with Crippen LogP contribution >= 0.6 is 19.4 Å². The Balaban J connectivity index is 1.84. The van der Waals surface area contributed by atoms with Crippen LogP contribution in [0.1, 0.15) is 36.7 Å². The van der Waals surface area contributed by atoms with Gasteiger partial charge in [-0.3, -0.25) is 14.6 Å². The van der Waals surface area contributed by atoms with E-state index in [2.05, 4.69) is 17.2 Å². The molecule has 2 aromatic carbocycles. The van der Waals surface area contributed by atoms with Gasteiger partial charge in [-0.2, -0.15) is 0 Å². The van der Waals surface area contributed by atoms with Crippen molar-refractivity contribution in [2.75, 3.05) is 11.6 Å². The Morgan fingerprint density at radius 1 is 1.22 bits per heavy atom. The number of nitrogen functional groups attached to an aromatic ring is 1. The molecule has 0 aliphatic heterocycles. The van der Waals surface area contributed by atoms with Gasteiger partial charge in [0.15, 0.2) is 5.82 Å². The minimum absolute atomic E-state index is 0.0648. The molecule has 0 atom stereocenters. The molecule has 6 N–H and O–H groups in total. The molecule has 4 aromatic rings. The first-order chi connectivity index (χ1) is 17.6. The fraction of sp³-hybridized carbons (Fsp3) is 0.292.